The van der Waals surface area contributed by atoms with Crippen LogP contribution in [0.4, 0.5) is 0 Å². The number of aromatic nitrogens is 1. The summed E-state index contributed by atoms with van der Waals surface area (Å²) >= 11 is 0. The number of nitrogens with zero attached hydrogens (tertiary/aromatic N) is 1. The van der Waals surface area contributed by atoms with Crippen LogP contribution in [0.15, 0.2) is 28.8 Å². The molecular formula is C16H20N2O4. The van der Waals surface area contributed by atoms with Crippen molar-refractivity contribution in [3.63, 3.8) is 0 Å². The van der Waals surface area contributed by atoms with Crippen LogP contribution in [0.2, 0.25) is 0 Å². The van der Waals surface area contributed by atoms with Crippen LogP contribution in [-0.4, -0.2) is 31.3 Å². The van der Waals surface area contributed by atoms with Crippen molar-refractivity contribution in [1.82, 2.24) is 10.5 Å². The van der Waals surface area contributed by atoms with E-state index in [0.29, 0.717) is 17.2 Å². The summed E-state index contributed by atoms with van der Waals surface area (Å²) in [5, 5.41) is 6.77. The predicted octanol–water partition coefficient (Wildman–Crippen LogP) is 2.89. The van der Waals surface area contributed by atoms with Gasteiger partial charge in [-0.05, 0) is 31.5 Å². The zero-order valence-corrected chi connectivity index (χ0v) is 13.2. The van der Waals surface area contributed by atoms with Gasteiger partial charge in [-0.15, -0.1) is 0 Å². The minimum Gasteiger partial charge on any atom is -0.493 e. The van der Waals surface area contributed by atoms with Gasteiger partial charge >= 0.3 is 0 Å². The highest BCUT2D eigenvalue weighted by Crippen LogP contribution is 2.31. The second kappa shape index (κ2) is 6.98. The van der Waals surface area contributed by atoms with Gasteiger partial charge in [0.1, 0.15) is 5.69 Å². The van der Waals surface area contributed by atoms with Gasteiger partial charge in [-0.3, -0.25) is 4.79 Å². The van der Waals surface area contributed by atoms with Crippen LogP contribution in [0.25, 0.3) is 11.3 Å². The fourth-order valence-corrected chi connectivity index (χ4v) is 1.91. The Balaban J connectivity index is 2.22. The Morgan fingerprint density at radius 3 is 2.64 bits per heavy atom. The van der Waals surface area contributed by atoms with E-state index in [1.807, 2.05) is 19.9 Å². The first-order valence-corrected chi connectivity index (χ1v) is 7.09. The van der Waals surface area contributed by atoms with Crippen LogP contribution in [-0.2, 0) is 0 Å². The molecule has 22 heavy (non-hydrogen) atoms. The number of rotatable bonds is 6. The highest BCUT2D eigenvalue weighted by molar-refractivity contribution is 5.92. The third-order valence-corrected chi connectivity index (χ3v) is 3.40. The van der Waals surface area contributed by atoms with E-state index >= 15 is 0 Å². The summed E-state index contributed by atoms with van der Waals surface area (Å²) in [4.78, 5) is 12.0. The van der Waals surface area contributed by atoms with Crippen molar-refractivity contribution in [2.75, 3.05) is 14.2 Å². The van der Waals surface area contributed by atoms with Crippen LogP contribution in [0.5, 0.6) is 11.5 Å². The zero-order valence-electron chi connectivity index (χ0n) is 13.2. The summed E-state index contributed by atoms with van der Waals surface area (Å²) in [5.74, 6) is 1.14. The van der Waals surface area contributed by atoms with Crippen molar-refractivity contribution in [3.8, 4) is 22.8 Å². The van der Waals surface area contributed by atoms with Crippen molar-refractivity contribution in [1.29, 1.82) is 0 Å². The van der Waals surface area contributed by atoms with Crippen molar-refractivity contribution in [2.45, 2.75) is 26.3 Å². The molecule has 1 unspecified atom stereocenters. The molecule has 0 bridgehead atoms. The molecule has 0 fully saturated rings. The molecule has 1 atom stereocenters. The van der Waals surface area contributed by atoms with Crippen molar-refractivity contribution < 1.29 is 18.8 Å². The quantitative estimate of drug-likeness (QED) is 0.888. The lowest BCUT2D eigenvalue weighted by Gasteiger charge is -2.08. The van der Waals surface area contributed by atoms with E-state index in [-0.39, 0.29) is 17.7 Å². The second-order valence-corrected chi connectivity index (χ2v) is 4.93. The Morgan fingerprint density at radius 1 is 1.27 bits per heavy atom. The SMILES string of the molecule is CCC(C)NC(=O)c1cc(-c2ccc(OC)c(OC)c2)no1. The summed E-state index contributed by atoms with van der Waals surface area (Å²) < 4.78 is 15.6. The molecule has 0 aliphatic carbocycles. The number of nitrogens with one attached hydrogen (secondary N) is 1. The van der Waals surface area contributed by atoms with Crippen LogP contribution in [0, 0.1) is 0 Å². The highest BCUT2D eigenvalue weighted by Gasteiger charge is 2.16. The molecule has 1 amide bonds. The maximum Gasteiger partial charge on any atom is 0.290 e. The molecule has 118 valence electrons. The lowest BCUT2D eigenvalue weighted by atomic mass is 10.1. The molecule has 0 saturated carbocycles. The number of methoxy groups -OCH3 is 2. The number of hydrogen-bond donors (Lipinski definition) is 1. The highest BCUT2D eigenvalue weighted by atomic mass is 16.5. The third-order valence-electron chi connectivity index (χ3n) is 3.40. The molecule has 1 heterocycles. The van der Waals surface area contributed by atoms with Gasteiger partial charge in [-0.1, -0.05) is 12.1 Å². The Kier molecular flexibility index (Phi) is 5.04. The van der Waals surface area contributed by atoms with Gasteiger partial charge < -0.3 is 19.3 Å². The standard InChI is InChI=1S/C16H20N2O4/c1-5-10(2)17-16(19)15-9-12(18-22-15)11-6-7-13(20-3)14(8-11)21-4/h6-10H,5H2,1-4H3,(H,17,19). The predicted molar refractivity (Wildman–Crippen MR) is 82.3 cm³/mol. The maximum atomic E-state index is 12.0. The molecule has 0 aliphatic rings. The number of hydrogen-bond acceptors (Lipinski definition) is 5. The number of benzene rings is 1. The molecule has 0 radical (unpaired) electrons. The van der Waals surface area contributed by atoms with E-state index in [1.165, 1.54) is 0 Å². The lowest BCUT2D eigenvalue weighted by Crippen LogP contribution is -2.31. The van der Waals surface area contributed by atoms with Crippen molar-refractivity contribution in [3.05, 3.63) is 30.0 Å². The Labute approximate surface area is 129 Å². The summed E-state index contributed by atoms with van der Waals surface area (Å²) in [6.07, 6.45) is 0.850. The number of amides is 1. The second-order valence-electron chi connectivity index (χ2n) is 4.93. The van der Waals surface area contributed by atoms with E-state index in [2.05, 4.69) is 10.5 Å². The van der Waals surface area contributed by atoms with Gasteiger partial charge in [-0.25, -0.2) is 0 Å². The average molecular weight is 304 g/mol. The fraction of sp³-hybridized carbons (Fsp3) is 0.375. The number of ether oxygens (including phenoxy) is 2. The van der Waals surface area contributed by atoms with E-state index in [0.717, 1.165) is 12.0 Å². The summed E-state index contributed by atoms with van der Waals surface area (Å²) in [6.45, 7) is 3.93. The molecule has 1 aromatic carbocycles. The Hall–Kier alpha value is -2.50. The first kappa shape index (κ1) is 15.9. The van der Waals surface area contributed by atoms with E-state index in [9.17, 15) is 4.79 Å². The molecule has 6 heteroatoms. The first-order chi connectivity index (χ1) is 10.6. The molecule has 1 aromatic heterocycles. The van der Waals surface area contributed by atoms with Gasteiger partial charge in [0, 0.05) is 17.7 Å². The largest absolute Gasteiger partial charge is 0.493 e. The van der Waals surface area contributed by atoms with Crippen molar-refractivity contribution in [2.24, 2.45) is 0 Å². The van der Waals surface area contributed by atoms with E-state index in [4.69, 9.17) is 14.0 Å². The summed E-state index contributed by atoms with van der Waals surface area (Å²) in [7, 11) is 3.14. The topological polar surface area (TPSA) is 73.6 Å². The lowest BCUT2D eigenvalue weighted by molar-refractivity contribution is 0.0902. The van der Waals surface area contributed by atoms with Crippen LogP contribution < -0.4 is 14.8 Å². The van der Waals surface area contributed by atoms with Crippen LogP contribution in [0.3, 0.4) is 0 Å². The van der Waals surface area contributed by atoms with E-state index in [1.54, 1.807) is 32.4 Å². The molecule has 2 aromatic rings. The maximum absolute atomic E-state index is 12.0. The summed E-state index contributed by atoms with van der Waals surface area (Å²) in [5.41, 5.74) is 1.35. The van der Waals surface area contributed by atoms with Gasteiger partial charge in [0.15, 0.2) is 11.5 Å². The molecule has 0 aliphatic heterocycles. The molecular weight excluding hydrogens is 284 g/mol. The van der Waals surface area contributed by atoms with Crippen molar-refractivity contribution >= 4 is 5.91 Å². The number of carbonyl (C=O) groups is 1. The fourth-order valence-electron chi connectivity index (χ4n) is 1.91. The zero-order chi connectivity index (χ0) is 16.1. The monoisotopic (exact) mass is 304 g/mol. The van der Waals surface area contributed by atoms with Gasteiger partial charge in [0.05, 0.1) is 14.2 Å². The van der Waals surface area contributed by atoms with Gasteiger partial charge in [0.25, 0.3) is 5.91 Å². The van der Waals surface area contributed by atoms with Crippen LogP contribution >= 0.6 is 0 Å². The minimum atomic E-state index is -0.270. The Morgan fingerprint density at radius 2 is 2.00 bits per heavy atom. The minimum absolute atomic E-state index is 0.0853. The molecule has 0 spiro atoms. The summed E-state index contributed by atoms with van der Waals surface area (Å²) in [6, 6.07) is 7.09. The molecule has 6 nitrogen and oxygen atoms in total. The molecule has 0 saturated heterocycles. The van der Waals surface area contributed by atoms with Gasteiger partial charge in [-0.2, -0.15) is 0 Å². The average Bonchev–Trinajstić information content (AvgIpc) is 3.04. The first-order valence-electron chi connectivity index (χ1n) is 7.09. The molecule has 2 rings (SSSR count). The third kappa shape index (κ3) is 3.39. The van der Waals surface area contributed by atoms with E-state index < -0.39 is 0 Å². The van der Waals surface area contributed by atoms with Gasteiger partial charge in [0.2, 0.25) is 5.76 Å². The number of carbonyl (C=O) groups excluding carboxylic acids is 1. The normalized spacial score (nSPS) is 11.8. The molecule has 1 N–H and O–H groups in total. The Bertz CT molecular complexity index is 651. The van der Waals surface area contributed by atoms with Crippen LogP contribution in [0.1, 0.15) is 30.8 Å². The smallest absolute Gasteiger partial charge is 0.290 e.